The van der Waals surface area contributed by atoms with Gasteiger partial charge in [-0.1, -0.05) is 0 Å². The molecule has 0 aromatic rings. The van der Waals surface area contributed by atoms with E-state index < -0.39 is 5.97 Å². The number of carbonyl (C=O) groups excluding carboxylic acids is 1. The van der Waals surface area contributed by atoms with Gasteiger partial charge in [-0.05, 0) is 0 Å². The first-order chi connectivity index (χ1) is 3.30. The van der Waals surface area contributed by atoms with Gasteiger partial charge in [0, 0.05) is 11.9 Å². The predicted octanol–water partition coefficient (Wildman–Crippen LogP) is -4.61. The number of hydrogen-bond donors (Lipinski definition) is 0. The topological polar surface area (TPSA) is 49.4 Å². The number of carbonyl (C=O) groups is 1. The summed E-state index contributed by atoms with van der Waals surface area (Å²) in [5.74, 6) is -1.33. The van der Waals surface area contributed by atoms with E-state index in [-0.39, 0.29) is 57.3 Å². The molecule has 0 radical (unpaired) electrons. The van der Waals surface area contributed by atoms with Crippen LogP contribution in [0.3, 0.4) is 0 Å². The maximum atomic E-state index is 9.79. The first-order valence-electron chi connectivity index (χ1n) is 2.09. The van der Waals surface area contributed by atoms with Gasteiger partial charge >= 0.3 is 51.4 Å². The van der Waals surface area contributed by atoms with Gasteiger partial charge in [0.25, 0.3) is 0 Å². The second-order valence-electron chi connectivity index (χ2n) is 1.55. The fraction of sp³-hybridized carbons (Fsp3) is 0.750. The largest absolute Gasteiger partial charge is 1.00 e. The summed E-state index contributed by atoms with van der Waals surface area (Å²) < 4.78 is 4.58. The third kappa shape index (κ3) is 2.12. The van der Waals surface area contributed by atoms with Crippen LogP contribution in [0.15, 0.2) is 0 Å². The Kier molecular flexibility index (Phi) is 4.50. The van der Waals surface area contributed by atoms with Crippen molar-refractivity contribution in [2.45, 2.75) is 0 Å². The molecule has 1 aliphatic rings. The van der Waals surface area contributed by atoms with Crippen molar-refractivity contribution in [3.63, 3.8) is 0 Å². The van der Waals surface area contributed by atoms with Crippen LogP contribution >= 0.6 is 0 Å². The maximum absolute atomic E-state index is 9.79. The molecule has 0 saturated carbocycles. The molecule has 0 spiro atoms. The van der Waals surface area contributed by atoms with E-state index in [0.717, 1.165) is 0 Å². The summed E-state index contributed by atoms with van der Waals surface area (Å²) in [6.45, 7) is 0.671. The van der Waals surface area contributed by atoms with E-state index in [2.05, 4.69) is 4.74 Å². The number of carboxylic acids is 1. The van der Waals surface area contributed by atoms with Crippen LogP contribution in [0, 0.1) is 5.92 Å². The van der Waals surface area contributed by atoms with Gasteiger partial charge in [-0.2, -0.15) is 0 Å². The van der Waals surface area contributed by atoms with Gasteiger partial charge < -0.3 is 14.6 Å². The van der Waals surface area contributed by atoms with Gasteiger partial charge in [0.2, 0.25) is 0 Å². The zero-order valence-corrected chi connectivity index (χ0v) is 7.84. The molecule has 40 valence electrons. The molecule has 1 saturated heterocycles. The van der Waals surface area contributed by atoms with Gasteiger partial charge in [0.1, 0.15) is 0 Å². The Balaban J connectivity index is 0.000000490. The first-order valence-corrected chi connectivity index (χ1v) is 2.09. The molecule has 0 aromatic heterocycles. The number of ether oxygens (including phenoxy) is 1. The van der Waals surface area contributed by atoms with E-state index in [9.17, 15) is 9.90 Å². The average Bonchev–Trinajstić information content (AvgIpc) is 1.23. The van der Waals surface area contributed by atoms with Crippen molar-refractivity contribution < 1.29 is 66.0 Å². The molecule has 1 aliphatic heterocycles. The summed E-state index contributed by atoms with van der Waals surface area (Å²) >= 11 is 0. The van der Waals surface area contributed by atoms with Crippen LogP contribution < -0.4 is 56.5 Å². The molecule has 0 aromatic carbocycles. The van der Waals surface area contributed by atoms with Gasteiger partial charge in [-0.3, -0.25) is 0 Å². The number of rotatable bonds is 1. The predicted molar refractivity (Wildman–Crippen MR) is 19.3 cm³/mol. The van der Waals surface area contributed by atoms with Crippen LogP contribution in [0.4, 0.5) is 0 Å². The van der Waals surface area contributed by atoms with Crippen molar-refractivity contribution in [1.29, 1.82) is 0 Å². The molecule has 3 nitrogen and oxygen atoms in total. The maximum Gasteiger partial charge on any atom is 1.00 e. The van der Waals surface area contributed by atoms with E-state index >= 15 is 0 Å². The number of carboxylic acid groups (broad SMARTS) is 1. The summed E-state index contributed by atoms with van der Waals surface area (Å²) in [6.07, 6.45) is 0. The zero-order chi connectivity index (χ0) is 5.28. The van der Waals surface area contributed by atoms with Gasteiger partial charge in [0.15, 0.2) is 0 Å². The summed E-state index contributed by atoms with van der Waals surface area (Å²) in [6, 6.07) is 0. The Labute approximate surface area is 89.8 Å². The van der Waals surface area contributed by atoms with Gasteiger partial charge in [0.05, 0.1) is 13.2 Å². The van der Waals surface area contributed by atoms with Crippen molar-refractivity contribution in [3.8, 4) is 0 Å². The minimum absolute atomic E-state index is 0. The molecular weight excluding hydrogens is 135 g/mol. The van der Waals surface area contributed by atoms with Gasteiger partial charge in [-0.25, -0.2) is 0 Å². The molecule has 1 rings (SSSR count). The van der Waals surface area contributed by atoms with E-state index in [1.165, 1.54) is 0 Å². The smallest absolute Gasteiger partial charge is 0.550 e. The van der Waals surface area contributed by atoms with E-state index in [0.29, 0.717) is 13.2 Å². The molecular formula is C4H5KO3. The fourth-order valence-electron chi connectivity index (χ4n) is 0.372. The summed E-state index contributed by atoms with van der Waals surface area (Å²) in [7, 11) is 0. The molecule has 1 fully saturated rings. The normalized spacial score (nSPS) is 18.5. The van der Waals surface area contributed by atoms with Crippen LogP contribution in [0.2, 0.25) is 0 Å². The Morgan fingerprint density at radius 1 is 1.62 bits per heavy atom. The van der Waals surface area contributed by atoms with Crippen molar-refractivity contribution >= 4 is 5.97 Å². The van der Waals surface area contributed by atoms with Crippen LogP contribution in [-0.4, -0.2) is 19.2 Å². The van der Waals surface area contributed by atoms with Crippen molar-refractivity contribution in [2.75, 3.05) is 13.2 Å². The molecule has 0 unspecified atom stereocenters. The quantitative estimate of drug-likeness (QED) is 0.344. The second kappa shape index (κ2) is 3.97. The fourth-order valence-corrected chi connectivity index (χ4v) is 0.372. The van der Waals surface area contributed by atoms with Crippen molar-refractivity contribution in [3.05, 3.63) is 0 Å². The third-order valence-electron chi connectivity index (χ3n) is 0.971. The summed E-state index contributed by atoms with van der Waals surface area (Å²) in [5.41, 5.74) is 0. The van der Waals surface area contributed by atoms with E-state index in [4.69, 9.17) is 0 Å². The van der Waals surface area contributed by atoms with Crippen molar-refractivity contribution in [1.82, 2.24) is 0 Å². The van der Waals surface area contributed by atoms with Crippen LogP contribution in [0.25, 0.3) is 0 Å². The number of hydrogen-bond acceptors (Lipinski definition) is 3. The molecule has 0 bridgehead atoms. The summed E-state index contributed by atoms with van der Waals surface area (Å²) in [4.78, 5) is 9.79. The third-order valence-corrected chi connectivity index (χ3v) is 0.971. The SMILES string of the molecule is O=C([O-])C1COC1.[K+]. The number of aliphatic carboxylic acids is 1. The van der Waals surface area contributed by atoms with Gasteiger partial charge in [-0.15, -0.1) is 0 Å². The van der Waals surface area contributed by atoms with E-state index in [1.54, 1.807) is 0 Å². The Hall–Kier alpha value is 1.07. The van der Waals surface area contributed by atoms with Crippen LogP contribution in [0.5, 0.6) is 0 Å². The zero-order valence-electron chi connectivity index (χ0n) is 4.72. The Bertz CT molecular complexity index is 89.3. The molecule has 1 heterocycles. The molecule has 4 heteroatoms. The minimum atomic E-state index is -0.994. The molecule has 0 atom stereocenters. The second-order valence-corrected chi connectivity index (χ2v) is 1.55. The molecule has 8 heavy (non-hydrogen) atoms. The molecule has 0 amide bonds. The molecule has 0 aliphatic carbocycles. The Morgan fingerprint density at radius 3 is 2.12 bits per heavy atom. The van der Waals surface area contributed by atoms with Crippen molar-refractivity contribution in [2.24, 2.45) is 5.92 Å². The Morgan fingerprint density at radius 2 is 2.12 bits per heavy atom. The van der Waals surface area contributed by atoms with E-state index in [1.807, 2.05) is 0 Å². The van der Waals surface area contributed by atoms with Crippen LogP contribution in [0.1, 0.15) is 0 Å². The molecule has 0 N–H and O–H groups in total. The average molecular weight is 140 g/mol. The first kappa shape index (κ1) is 9.07. The summed E-state index contributed by atoms with van der Waals surface area (Å²) in [5, 5.41) is 9.79. The standard InChI is InChI=1S/C4H6O3.K/c5-4(6)3-1-7-2-3;/h3H,1-2H2,(H,5,6);/q;+1/p-1. The van der Waals surface area contributed by atoms with Crippen LogP contribution in [-0.2, 0) is 9.53 Å². The minimum Gasteiger partial charge on any atom is -0.550 e. The monoisotopic (exact) mass is 140 g/mol.